The summed E-state index contributed by atoms with van der Waals surface area (Å²) in [5.41, 5.74) is 5.45. The zero-order chi connectivity index (χ0) is 10.7. The number of hydrogen-bond acceptors (Lipinski definition) is 3. The third kappa shape index (κ3) is 2.70. The molecule has 80 valence electrons. The minimum absolute atomic E-state index is 0.321. The highest BCUT2D eigenvalue weighted by Gasteiger charge is 2.26. The van der Waals surface area contributed by atoms with Gasteiger partial charge in [0, 0.05) is 13.1 Å². The molecule has 0 aromatic heterocycles. The van der Waals surface area contributed by atoms with E-state index in [-0.39, 0.29) is 0 Å². The van der Waals surface area contributed by atoms with Crippen LogP contribution in [0.2, 0.25) is 0 Å². The molecule has 0 spiro atoms. The number of nitrogens with two attached hydrogens (primary N) is 1. The Kier molecular flexibility index (Phi) is 3.46. The summed E-state index contributed by atoms with van der Waals surface area (Å²) in [6.45, 7) is 3.38. The lowest BCUT2D eigenvalue weighted by Gasteiger charge is -2.17. The largest absolute Gasteiger partial charge is 0.480 e. The molecule has 0 aromatic carbocycles. The maximum absolute atomic E-state index is 10.5. The van der Waals surface area contributed by atoms with Crippen LogP contribution in [0.3, 0.4) is 0 Å². The number of likely N-dealkylation sites (tertiary alicyclic amines) is 1. The van der Waals surface area contributed by atoms with E-state index in [9.17, 15) is 4.79 Å². The fourth-order valence-electron chi connectivity index (χ4n) is 1.79. The van der Waals surface area contributed by atoms with Crippen LogP contribution in [0.4, 0.5) is 0 Å². The van der Waals surface area contributed by atoms with E-state index in [1.54, 1.807) is 6.92 Å². The van der Waals surface area contributed by atoms with E-state index in [2.05, 4.69) is 0 Å². The molecule has 2 atom stereocenters. The number of rotatable bonds is 3. The van der Waals surface area contributed by atoms with Gasteiger partial charge in [0.2, 0.25) is 0 Å². The highest BCUT2D eigenvalue weighted by molar-refractivity contribution is 5.76. The molecule has 0 unspecified atom stereocenters. The molecule has 1 saturated heterocycles. The zero-order valence-corrected chi connectivity index (χ0v) is 8.36. The molecule has 1 aliphatic rings. The molecular weight excluding hydrogens is 182 g/mol. The van der Waals surface area contributed by atoms with Gasteiger partial charge in [-0.1, -0.05) is 0 Å². The van der Waals surface area contributed by atoms with Crippen LogP contribution in [0.15, 0.2) is 0 Å². The molecule has 1 rings (SSSR count). The molecule has 0 aromatic rings. The molecule has 5 nitrogen and oxygen atoms in total. The van der Waals surface area contributed by atoms with Crippen molar-refractivity contribution in [1.29, 1.82) is 5.41 Å². The fraction of sp³-hybridized carbons (Fsp3) is 0.778. The predicted octanol–water partition coefficient (Wildman–Crippen LogP) is 0.107. The fourth-order valence-corrected chi connectivity index (χ4v) is 1.79. The molecule has 1 aliphatic heterocycles. The van der Waals surface area contributed by atoms with Crippen LogP contribution in [0, 0.1) is 11.3 Å². The van der Waals surface area contributed by atoms with E-state index in [1.165, 1.54) is 0 Å². The van der Waals surface area contributed by atoms with Gasteiger partial charge in [0.05, 0.1) is 5.84 Å². The van der Waals surface area contributed by atoms with Gasteiger partial charge in [-0.3, -0.25) is 10.2 Å². The second-order valence-electron chi connectivity index (χ2n) is 3.87. The lowest BCUT2D eigenvalue weighted by atomic mass is 10.00. The van der Waals surface area contributed by atoms with Crippen LogP contribution in [-0.4, -0.2) is 40.9 Å². The topological polar surface area (TPSA) is 90.4 Å². The van der Waals surface area contributed by atoms with Gasteiger partial charge in [-0.05, 0) is 25.7 Å². The summed E-state index contributed by atoms with van der Waals surface area (Å²) in [4.78, 5) is 12.5. The first-order valence-corrected chi connectivity index (χ1v) is 4.79. The van der Waals surface area contributed by atoms with E-state index >= 15 is 0 Å². The first-order valence-electron chi connectivity index (χ1n) is 4.79. The van der Waals surface area contributed by atoms with Crippen molar-refractivity contribution >= 4 is 11.8 Å². The van der Waals surface area contributed by atoms with Gasteiger partial charge in [-0.25, -0.2) is 0 Å². The summed E-state index contributed by atoms with van der Waals surface area (Å²) in [5.74, 6) is -0.0622. The summed E-state index contributed by atoms with van der Waals surface area (Å²) in [6.07, 6.45) is 1.45. The van der Waals surface area contributed by atoms with E-state index in [0.717, 1.165) is 19.5 Å². The molecule has 4 N–H and O–H groups in total. The number of nitrogens with one attached hydrogen (secondary N) is 1. The smallest absolute Gasteiger partial charge is 0.320 e. The number of carboxylic acids is 1. The Bertz CT molecular complexity index is 242. The van der Waals surface area contributed by atoms with Gasteiger partial charge < -0.3 is 15.7 Å². The van der Waals surface area contributed by atoms with Gasteiger partial charge in [0.25, 0.3) is 0 Å². The normalized spacial score (nSPS) is 23.6. The highest BCUT2D eigenvalue weighted by Crippen LogP contribution is 2.20. The van der Waals surface area contributed by atoms with Crippen molar-refractivity contribution in [3.63, 3.8) is 0 Å². The van der Waals surface area contributed by atoms with Crippen molar-refractivity contribution in [2.75, 3.05) is 13.1 Å². The van der Waals surface area contributed by atoms with Gasteiger partial charge in [0.15, 0.2) is 0 Å². The molecular formula is C9H17N3O2. The van der Waals surface area contributed by atoms with Gasteiger partial charge in [-0.15, -0.1) is 0 Å². The van der Waals surface area contributed by atoms with Crippen LogP contribution >= 0.6 is 0 Å². The van der Waals surface area contributed by atoms with Crippen molar-refractivity contribution in [3.8, 4) is 0 Å². The number of amidine groups is 1. The standard InChI is InChI=1S/C9H17N3O2/c1-6(10)12-3-2-7(5-12)4-8(11)9(13)14/h7-8,10H,2-5,11H2,1H3,(H,13,14)/t7-,8-/m0/s1. The summed E-state index contributed by atoms with van der Waals surface area (Å²) >= 11 is 0. The number of nitrogens with zero attached hydrogens (tertiary/aromatic N) is 1. The molecule has 1 heterocycles. The van der Waals surface area contributed by atoms with Gasteiger partial charge in [0.1, 0.15) is 6.04 Å². The maximum atomic E-state index is 10.5. The first kappa shape index (κ1) is 11.0. The zero-order valence-electron chi connectivity index (χ0n) is 8.36. The number of carbonyl (C=O) groups is 1. The second kappa shape index (κ2) is 4.41. The summed E-state index contributed by atoms with van der Waals surface area (Å²) in [7, 11) is 0. The minimum atomic E-state index is -0.935. The van der Waals surface area contributed by atoms with Crippen molar-refractivity contribution in [1.82, 2.24) is 4.90 Å². The average molecular weight is 199 g/mol. The van der Waals surface area contributed by atoms with Gasteiger partial charge >= 0.3 is 5.97 Å². The third-order valence-corrected chi connectivity index (χ3v) is 2.66. The molecule has 0 radical (unpaired) electrons. The summed E-state index contributed by atoms with van der Waals surface area (Å²) < 4.78 is 0. The Labute approximate surface area is 83.4 Å². The van der Waals surface area contributed by atoms with E-state index in [0.29, 0.717) is 18.2 Å². The number of aliphatic carboxylic acids is 1. The van der Waals surface area contributed by atoms with Crippen molar-refractivity contribution < 1.29 is 9.90 Å². The van der Waals surface area contributed by atoms with Crippen molar-refractivity contribution in [3.05, 3.63) is 0 Å². The number of carboxylic acid groups (broad SMARTS) is 1. The maximum Gasteiger partial charge on any atom is 0.320 e. The molecule has 0 aliphatic carbocycles. The average Bonchev–Trinajstić information content (AvgIpc) is 2.52. The van der Waals surface area contributed by atoms with Crippen molar-refractivity contribution in [2.24, 2.45) is 11.7 Å². The van der Waals surface area contributed by atoms with E-state index in [4.69, 9.17) is 16.2 Å². The Hall–Kier alpha value is -1.10. The third-order valence-electron chi connectivity index (χ3n) is 2.66. The Morgan fingerprint density at radius 3 is 2.86 bits per heavy atom. The second-order valence-corrected chi connectivity index (χ2v) is 3.87. The lowest BCUT2D eigenvalue weighted by Crippen LogP contribution is -2.33. The van der Waals surface area contributed by atoms with Crippen molar-refractivity contribution in [2.45, 2.75) is 25.8 Å². The Morgan fingerprint density at radius 2 is 2.43 bits per heavy atom. The summed E-state index contributed by atoms with van der Waals surface area (Å²) in [6, 6.07) is -0.758. The molecule has 0 saturated carbocycles. The monoisotopic (exact) mass is 199 g/mol. The minimum Gasteiger partial charge on any atom is -0.480 e. The SMILES string of the molecule is CC(=N)N1CC[C@@H](C[C@H](N)C(=O)O)C1. The molecule has 5 heteroatoms. The van der Waals surface area contributed by atoms with Crippen LogP contribution in [0.1, 0.15) is 19.8 Å². The Morgan fingerprint density at radius 1 is 1.79 bits per heavy atom. The molecule has 0 bridgehead atoms. The number of hydrogen-bond donors (Lipinski definition) is 3. The van der Waals surface area contributed by atoms with Crippen LogP contribution in [0.5, 0.6) is 0 Å². The molecule has 0 amide bonds. The van der Waals surface area contributed by atoms with Crippen LogP contribution in [0.25, 0.3) is 0 Å². The molecule has 1 fully saturated rings. The lowest BCUT2D eigenvalue weighted by molar-refractivity contribution is -0.138. The predicted molar refractivity (Wildman–Crippen MR) is 53.3 cm³/mol. The quantitative estimate of drug-likeness (QED) is 0.444. The van der Waals surface area contributed by atoms with Crippen LogP contribution < -0.4 is 5.73 Å². The van der Waals surface area contributed by atoms with E-state index < -0.39 is 12.0 Å². The van der Waals surface area contributed by atoms with Crippen LogP contribution in [-0.2, 0) is 4.79 Å². The Balaban J connectivity index is 2.36. The molecule has 14 heavy (non-hydrogen) atoms. The highest BCUT2D eigenvalue weighted by atomic mass is 16.4. The van der Waals surface area contributed by atoms with E-state index in [1.807, 2.05) is 4.90 Å². The first-order chi connectivity index (χ1) is 6.50. The van der Waals surface area contributed by atoms with Gasteiger partial charge in [-0.2, -0.15) is 0 Å². The summed E-state index contributed by atoms with van der Waals surface area (Å²) in [5, 5.41) is 16.1.